The molecule has 3 rings (SSSR count). The van der Waals surface area contributed by atoms with Gasteiger partial charge in [-0.05, 0) is 48.9 Å². The van der Waals surface area contributed by atoms with Gasteiger partial charge in [0, 0.05) is 27.8 Å². The van der Waals surface area contributed by atoms with Gasteiger partial charge >= 0.3 is 0 Å². The summed E-state index contributed by atoms with van der Waals surface area (Å²) < 4.78 is 0. The molecule has 132 valence electrons. The number of phenolic OH excluding ortho intramolecular Hbond substituents is 1. The van der Waals surface area contributed by atoms with Crippen LogP contribution in [0.4, 0.5) is 0 Å². The molecule has 0 fully saturated rings. The zero-order valence-electron chi connectivity index (χ0n) is 14.7. The van der Waals surface area contributed by atoms with Crippen LogP contribution in [-0.2, 0) is 0 Å². The Kier molecular flexibility index (Phi) is 5.05. The first-order valence-electron chi connectivity index (χ1n) is 8.31. The lowest BCUT2D eigenvalue weighted by atomic mass is 9.91. The summed E-state index contributed by atoms with van der Waals surface area (Å²) in [6.07, 6.45) is 0. The van der Waals surface area contributed by atoms with E-state index in [1.54, 1.807) is 54.6 Å². The van der Waals surface area contributed by atoms with E-state index in [1.807, 2.05) is 12.1 Å². The smallest absolute Gasteiger partial charge is 0.248 e. The summed E-state index contributed by atoms with van der Waals surface area (Å²) >= 11 is 0. The second-order valence-corrected chi connectivity index (χ2v) is 6.03. The molecule has 3 N–H and O–H groups in total. The van der Waals surface area contributed by atoms with Gasteiger partial charge in [0.15, 0.2) is 5.78 Å². The van der Waals surface area contributed by atoms with E-state index in [2.05, 4.69) is 11.8 Å². The van der Waals surface area contributed by atoms with E-state index in [9.17, 15) is 14.7 Å². The minimum atomic E-state index is -0.537. The van der Waals surface area contributed by atoms with E-state index in [1.165, 1.54) is 6.92 Å². The monoisotopic (exact) mass is 355 g/mol. The first-order valence-corrected chi connectivity index (χ1v) is 8.31. The number of carbonyl (C=O) groups excluding carboxylic acids is 2. The molecular weight excluding hydrogens is 338 g/mol. The highest BCUT2D eigenvalue weighted by molar-refractivity contribution is 6.03. The Bertz CT molecular complexity index is 1100. The molecule has 0 unspecified atom stereocenters. The van der Waals surface area contributed by atoms with Gasteiger partial charge in [0.05, 0.1) is 0 Å². The predicted molar refractivity (Wildman–Crippen MR) is 104 cm³/mol. The number of amides is 1. The van der Waals surface area contributed by atoms with E-state index in [-0.39, 0.29) is 11.5 Å². The average Bonchev–Trinajstić information content (AvgIpc) is 2.66. The van der Waals surface area contributed by atoms with Gasteiger partial charge in [0.25, 0.3) is 0 Å². The van der Waals surface area contributed by atoms with Crippen LogP contribution in [0, 0.1) is 11.8 Å². The molecule has 0 aliphatic carbocycles. The number of benzene rings is 3. The third kappa shape index (κ3) is 4.05. The largest absolute Gasteiger partial charge is 0.508 e. The molecule has 0 aliphatic rings. The van der Waals surface area contributed by atoms with Gasteiger partial charge in [-0.1, -0.05) is 42.2 Å². The Morgan fingerprint density at radius 3 is 2.37 bits per heavy atom. The number of hydrogen-bond donors (Lipinski definition) is 2. The van der Waals surface area contributed by atoms with Gasteiger partial charge in [-0.15, -0.1) is 0 Å². The van der Waals surface area contributed by atoms with Crippen molar-refractivity contribution in [2.75, 3.05) is 0 Å². The highest BCUT2D eigenvalue weighted by atomic mass is 16.3. The molecular formula is C23H17NO3. The molecule has 1 amide bonds. The number of primary amides is 1. The van der Waals surface area contributed by atoms with Crippen LogP contribution in [0.3, 0.4) is 0 Å². The number of Topliss-reactive ketones (excluding diaryl/α,β-unsaturated/α-hetero) is 1. The minimum absolute atomic E-state index is 0.101. The number of nitrogens with two attached hydrogens (primary N) is 1. The maximum atomic E-state index is 12.2. The van der Waals surface area contributed by atoms with Crippen LogP contribution in [-0.4, -0.2) is 16.8 Å². The lowest BCUT2D eigenvalue weighted by molar-refractivity contribution is 0.0996. The molecule has 0 spiro atoms. The summed E-state index contributed by atoms with van der Waals surface area (Å²) in [5, 5.41) is 9.59. The first-order chi connectivity index (χ1) is 13.0. The van der Waals surface area contributed by atoms with Gasteiger partial charge in [-0.3, -0.25) is 9.59 Å². The molecule has 3 aromatic carbocycles. The van der Waals surface area contributed by atoms with E-state index < -0.39 is 5.91 Å². The van der Waals surface area contributed by atoms with Crippen molar-refractivity contribution in [2.24, 2.45) is 5.73 Å². The summed E-state index contributed by atoms with van der Waals surface area (Å²) in [5.41, 5.74) is 8.90. The van der Waals surface area contributed by atoms with Crippen LogP contribution in [0.1, 0.15) is 38.8 Å². The number of carbonyl (C=O) groups is 2. The van der Waals surface area contributed by atoms with Crippen molar-refractivity contribution in [3.05, 3.63) is 89.0 Å². The van der Waals surface area contributed by atoms with E-state index in [0.717, 1.165) is 0 Å². The summed E-state index contributed by atoms with van der Waals surface area (Å²) in [7, 11) is 0. The quantitative estimate of drug-likeness (QED) is 0.554. The molecule has 0 bridgehead atoms. The maximum absolute atomic E-state index is 12.2. The first kappa shape index (κ1) is 18.0. The predicted octanol–water partition coefficient (Wildman–Crippen LogP) is 3.76. The molecule has 0 radical (unpaired) electrons. The number of phenols is 1. The summed E-state index contributed by atoms with van der Waals surface area (Å²) in [4.78, 5) is 23.7. The molecule has 27 heavy (non-hydrogen) atoms. The Morgan fingerprint density at radius 2 is 1.67 bits per heavy atom. The van der Waals surface area contributed by atoms with Gasteiger partial charge in [0.1, 0.15) is 5.75 Å². The Morgan fingerprint density at radius 1 is 0.926 bits per heavy atom. The molecule has 0 aromatic heterocycles. The van der Waals surface area contributed by atoms with Crippen LogP contribution in [0.5, 0.6) is 5.75 Å². The number of rotatable bonds is 3. The minimum Gasteiger partial charge on any atom is -0.508 e. The molecule has 0 heterocycles. The topological polar surface area (TPSA) is 80.4 Å². The van der Waals surface area contributed by atoms with Crippen LogP contribution in [0.15, 0.2) is 66.7 Å². The third-order valence-electron chi connectivity index (χ3n) is 4.07. The maximum Gasteiger partial charge on any atom is 0.248 e. The van der Waals surface area contributed by atoms with Crippen molar-refractivity contribution in [1.82, 2.24) is 0 Å². The summed E-state index contributed by atoms with van der Waals surface area (Å²) in [5.74, 6) is 5.57. The molecule has 0 aliphatic heterocycles. The molecule has 0 saturated heterocycles. The highest BCUT2D eigenvalue weighted by Crippen LogP contribution is 2.29. The van der Waals surface area contributed by atoms with Gasteiger partial charge < -0.3 is 10.8 Å². The Hall–Kier alpha value is -3.84. The van der Waals surface area contributed by atoms with Gasteiger partial charge in [-0.2, -0.15) is 0 Å². The van der Waals surface area contributed by atoms with Crippen molar-refractivity contribution >= 4 is 11.7 Å². The zero-order chi connectivity index (χ0) is 19.4. The lowest BCUT2D eigenvalue weighted by Crippen LogP contribution is -2.10. The molecule has 4 heteroatoms. The van der Waals surface area contributed by atoms with Crippen LogP contribution in [0.2, 0.25) is 0 Å². The number of hydrogen-bond acceptors (Lipinski definition) is 3. The number of ketones is 1. The second kappa shape index (κ2) is 7.59. The second-order valence-electron chi connectivity index (χ2n) is 6.03. The normalized spacial score (nSPS) is 9.96. The summed E-state index contributed by atoms with van der Waals surface area (Å²) in [6.45, 7) is 1.49. The van der Waals surface area contributed by atoms with Gasteiger partial charge in [0.2, 0.25) is 5.91 Å². The van der Waals surface area contributed by atoms with Gasteiger partial charge in [-0.25, -0.2) is 0 Å². The highest BCUT2D eigenvalue weighted by Gasteiger charge is 2.14. The Balaban J connectivity index is 2.19. The van der Waals surface area contributed by atoms with E-state index in [0.29, 0.717) is 33.4 Å². The molecule has 4 nitrogen and oxygen atoms in total. The SMILES string of the molecule is CC(=O)c1cccc(C#Cc2cccc(O)c2)c1-c1cccc(C(N)=O)c1. The fourth-order valence-corrected chi connectivity index (χ4v) is 2.81. The van der Waals surface area contributed by atoms with Crippen LogP contribution < -0.4 is 5.73 Å². The van der Waals surface area contributed by atoms with Crippen LogP contribution >= 0.6 is 0 Å². The van der Waals surface area contributed by atoms with Crippen molar-refractivity contribution in [1.29, 1.82) is 0 Å². The van der Waals surface area contributed by atoms with Crippen molar-refractivity contribution in [3.8, 4) is 28.7 Å². The van der Waals surface area contributed by atoms with E-state index >= 15 is 0 Å². The zero-order valence-corrected chi connectivity index (χ0v) is 14.7. The third-order valence-corrected chi connectivity index (χ3v) is 4.07. The lowest BCUT2D eigenvalue weighted by Gasteiger charge is -2.11. The standard InChI is InChI=1S/C23H17NO3/c1-15(25)21-10-4-6-17(12-11-16-5-2-9-20(26)13-16)22(21)18-7-3-8-19(14-18)23(24)27/h2-10,13-14,26H,1H3,(H2,24,27). The Labute approximate surface area is 157 Å². The fraction of sp³-hybridized carbons (Fsp3) is 0.0435. The van der Waals surface area contributed by atoms with Crippen molar-refractivity contribution in [2.45, 2.75) is 6.92 Å². The van der Waals surface area contributed by atoms with Crippen molar-refractivity contribution in [3.63, 3.8) is 0 Å². The van der Waals surface area contributed by atoms with Crippen LogP contribution in [0.25, 0.3) is 11.1 Å². The van der Waals surface area contributed by atoms with Crippen molar-refractivity contribution < 1.29 is 14.7 Å². The molecule has 0 saturated carbocycles. The molecule has 0 atom stereocenters. The molecule has 3 aromatic rings. The average molecular weight is 355 g/mol. The van der Waals surface area contributed by atoms with E-state index in [4.69, 9.17) is 5.73 Å². The number of aromatic hydroxyl groups is 1. The summed E-state index contributed by atoms with van der Waals surface area (Å²) in [6, 6.07) is 18.8. The fourth-order valence-electron chi connectivity index (χ4n) is 2.81.